The van der Waals surface area contributed by atoms with Gasteiger partial charge in [-0.15, -0.1) is 0 Å². The van der Waals surface area contributed by atoms with Gasteiger partial charge in [-0.05, 0) is 30.0 Å². The molecule has 2 aliphatic rings. The molecule has 2 heterocycles. The van der Waals surface area contributed by atoms with Gasteiger partial charge in [0.05, 0.1) is 0 Å². The lowest BCUT2D eigenvalue weighted by Gasteiger charge is -2.40. The Morgan fingerprint density at radius 2 is 1.93 bits per heavy atom. The van der Waals surface area contributed by atoms with Crippen molar-refractivity contribution in [3.63, 3.8) is 0 Å². The molecule has 7 heteroatoms. The van der Waals surface area contributed by atoms with E-state index in [-0.39, 0.29) is 23.8 Å². The van der Waals surface area contributed by atoms with E-state index in [4.69, 9.17) is 0 Å². The van der Waals surface area contributed by atoms with Crippen molar-refractivity contribution in [1.29, 1.82) is 0 Å². The predicted octanol–water partition coefficient (Wildman–Crippen LogP) is 1.91. The molecule has 148 valence electrons. The lowest BCUT2D eigenvalue weighted by atomic mass is 10.1. The quantitative estimate of drug-likeness (QED) is 0.873. The first kappa shape index (κ1) is 19.6. The number of halogens is 1. The third-order valence-corrected chi connectivity index (χ3v) is 5.20. The molecule has 1 N–H and O–H groups in total. The molecular weight excluding hydrogens is 347 g/mol. The van der Waals surface area contributed by atoms with E-state index in [1.54, 1.807) is 17.0 Å². The normalized spacial score (nSPS) is 21.2. The van der Waals surface area contributed by atoms with Crippen LogP contribution in [0.3, 0.4) is 0 Å². The van der Waals surface area contributed by atoms with E-state index in [2.05, 4.69) is 24.1 Å². The lowest BCUT2D eigenvalue weighted by Crippen LogP contribution is -2.59. The van der Waals surface area contributed by atoms with Gasteiger partial charge in [0.2, 0.25) is 5.91 Å². The summed E-state index contributed by atoms with van der Waals surface area (Å²) in [7, 11) is 0. The highest BCUT2D eigenvalue weighted by Gasteiger charge is 2.38. The van der Waals surface area contributed by atoms with Gasteiger partial charge < -0.3 is 15.1 Å². The molecule has 6 nitrogen and oxygen atoms in total. The number of nitrogens with one attached hydrogen (secondary N) is 1. The molecule has 1 unspecified atom stereocenters. The highest BCUT2D eigenvalue weighted by atomic mass is 19.1. The van der Waals surface area contributed by atoms with Crippen LogP contribution in [0, 0.1) is 11.7 Å². The first-order valence-corrected chi connectivity index (χ1v) is 9.74. The molecule has 1 aromatic rings. The van der Waals surface area contributed by atoms with Crippen molar-refractivity contribution < 1.29 is 14.0 Å². The molecule has 3 rings (SSSR count). The largest absolute Gasteiger partial charge is 0.338 e. The number of piperazine rings is 1. The summed E-state index contributed by atoms with van der Waals surface area (Å²) in [6.07, 6.45) is 0.872. The number of nitrogens with zero attached hydrogens (tertiary/aromatic N) is 3. The topological polar surface area (TPSA) is 55.9 Å². The van der Waals surface area contributed by atoms with Gasteiger partial charge in [0.15, 0.2) is 0 Å². The smallest absolute Gasteiger partial charge is 0.317 e. The number of fused-ring (bicyclic) bond motifs is 1. The average molecular weight is 376 g/mol. The first-order chi connectivity index (χ1) is 12.9. The van der Waals surface area contributed by atoms with Crippen LogP contribution in [0.15, 0.2) is 24.3 Å². The van der Waals surface area contributed by atoms with Gasteiger partial charge in [0.1, 0.15) is 11.9 Å². The van der Waals surface area contributed by atoms with E-state index in [1.165, 1.54) is 12.1 Å². The van der Waals surface area contributed by atoms with E-state index in [0.29, 0.717) is 38.6 Å². The monoisotopic (exact) mass is 376 g/mol. The van der Waals surface area contributed by atoms with Crippen LogP contribution in [-0.2, 0) is 11.3 Å². The van der Waals surface area contributed by atoms with Crippen LogP contribution in [0.2, 0.25) is 0 Å². The summed E-state index contributed by atoms with van der Waals surface area (Å²) >= 11 is 0. The highest BCUT2D eigenvalue weighted by molar-refractivity contribution is 5.84. The number of hydrogen-bond acceptors (Lipinski definition) is 3. The Kier molecular flexibility index (Phi) is 6.31. The summed E-state index contributed by atoms with van der Waals surface area (Å²) in [5.74, 6) is 0.163. The number of urea groups is 1. The third-order valence-electron chi connectivity index (χ3n) is 5.20. The Morgan fingerprint density at radius 3 is 2.63 bits per heavy atom. The molecule has 3 amide bonds. The maximum atomic E-state index is 13.1. The second-order valence-electron chi connectivity index (χ2n) is 7.82. The Morgan fingerprint density at radius 1 is 1.19 bits per heavy atom. The SMILES string of the molecule is CC(C)CNC(=O)N1CCCN2CCN(Cc3ccc(F)cc3)C(=O)C2C1. The fraction of sp³-hybridized carbons (Fsp3) is 0.600. The van der Waals surface area contributed by atoms with Crippen molar-refractivity contribution >= 4 is 11.9 Å². The molecule has 2 aliphatic heterocycles. The van der Waals surface area contributed by atoms with Gasteiger partial charge >= 0.3 is 6.03 Å². The molecular formula is C20H29FN4O2. The minimum atomic E-state index is -0.300. The summed E-state index contributed by atoms with van der Waals surface area (Å²) in [6, 6.07) is 5.88. The minimum Gasteiger partial charge on any atom is -0.338 e. The van der Waals surface area contributed by atoms with Crippen molar-refractivity contribution in [1.82, 2.24) is 20.0 Å². The molecule has 2 fully saturated rings. The highest BCUT2D eigenvalue weighted by Crippen LogP contribution is 2.19. The summed E-state index contributed by atoms with van der Waals surface area (Å²) in [4.78, 5) is 31.3. The molecule has 0 radical (unpaired) electrons. The van der Waals surface area contributed by atoms with Crippen LogP contribution < -0.4 is 5.32 Å². The zero-order valence-electron chi connectivity index (χ0n) is 16.2. The van der Waals surface area contributed by atoms with E-state index in [0.717, 1.165) is 25.1 Å². The van der Waals surface area contributed by atoms with Crippen molar-refractivity contribution in [3.05, 3.63) is 35.6 Å². The Balaban J connectivity index is 1.65. The van der Waals surface area contributed by atoms with Crippen LogP contribution in [0.25, 0.3) is 0 Å². The molecule has 0 bridgehead atoms. The summed E-state index contributed by atoms with van der Waals surface area (Å²) in [5, 5.41) is 2.95. The van der Waals surface area contributed by atoms with E-state index in [9.17, 15) is 14.0 Å². The number of carbonyl (C=O) groups is 2. The zero-order valence-corrected chi connectivity index (χ0v) is 16.2. The second-order valence-corrected chi connectivity index (χ2v) is 7.82. The second kappa shape index (κ2) is 8.69. The maximum absolute atomic E-state index is 13.1. The minimum absolute atomic E-state index is 0.0501. The number of amides is 3. The molecule has 0 saturated carbocycles. The fourth-order valence-corrected chi connectivity index (χ4v) is 3.66. The Hall–Kier alpha value is -2.15. The van der Waals surface area contributed by atoms with Crippen molar-refractivity contribution in [3.8, 4) is 0 Å². The van der Waals surface area contributed by atoms with E-state index in [1.807, 2.05) is 4.90 Å². The fourth-order valence-electron chi connectivity index (χ4n) is 3.66. The van der Waals surface area contributed by atoms with Crippen LogP contribution in [0.1, 0.15) is 25.8 Å². The van der Waals surface area contributed by atoms with Crippen LogP contribution in [0.4, 0.5) is 9.18 Å². The third kappa shape index (κ3) is 4.97. The van der Waals surface area contributed by atoms with Crippen LogP contribution in [0.5, 0.6) is 0 Å². The Bertz CT molecular complexity index is 664. The number of hydrogen-bond donors (Lipinski definition) is 1. The van der Waals surface area contributed by atoms with Crippen LogP contribution in [-0.4, -0.2) is 71.9 Å². The van der Waals surface area contributed by atoms with Gasteiger partial charge in [-0.2, -0.15) is 0 Å². The molecule has 0 spiro atoms. The lowest BCUT2D eigenvalue weighted by molar-refractivity contribution is -0.142. The van der Waals surface area contributed by atoms with Crippen molar-refractivity contribution in [2.24, 2.45) is 5.92 Å². The summed E-state index contributed by atoms with van der Waals surface area (Å²) in [5.41, 5.74) is 0.915. The van der Waals surface area contributed by atoms with E-state index >= 15 is 0 Å². The molecule has 27 heavy (non-hydrogen) atoms. The summed E-state index contributed by atoms with van der Waals surface area (Å²) in [6.45, 7) is 8.60. The van der Waals surface area contributed by atoms with Crippen molar-refractivity contribution in [2.45, 2.75) is 32.9 Å². The Labute approximate surface area is 160 Å². The maximum Gasteiger partial charge on any atom is 0.317 e. The average Bonchev–Trinajstić information content (AvgIpc) is 2.87. The number of benzene rings is 1. The molecule has 0 aromatic heterocycles. The van der Waals surface area contributed by atoms with Crippen molar-refractivity contribution in [2.75, 3.05) is 39.3 Å². The molecule has 2 saturated heterocycles. The number of rotatable bonds is 4. The van der Waals surface area contributed by atoms with Gasteiger partial charge in [0, 0.05) is 45.8 Å². The van der Waals surface area contributed by atoms with Gasteiger partial charge in [-0.3, -0.25) is 9.69 Å². The predicted molar refractivity (Wildman–Crippen MR) is 102 cm³/mol. The summed E-state index contributed by atoms with van der Waals surface area (Å²) < 4.78 is 13.1. The first-order valence-electron chi connectivity index (χ1n) is 9.74. The standard InChI is InChI=1S/C20H29FN4O2/c1-15(2)12-22-20(27)25-9-3-8-23-10-11-24(19(26)18(23)14-25)13-16-4-6-17(21)7-5-16/h4-7,15,18H,3,8-14H2,1-2H3,(H,22,27). The zero-order chi connectivity index (χ0) is 19.4. The van der Waals surface area contributed by atoms with Gasteiger partial charge in [-0.1, -0.05) is 26.0 Å². The molecule has 1 atom stereocenters. The van der Waals surface area contributed by atoms with Crippen LogP contribution >= 0.6 is 0 Å². The molecule has 0 aliphatic carbocycles. The van der Waals surface area contributed by atoms with E-state index < -0.39 is 0 Å². The van der Waals surface area contributed by atoms with Gasteiger partial charge in [0.25, 0.3) is 0 Å². The number of carbonyl (C=O) groups excluding carboxylic acids is 2. The van der Waals surface area contributed by atoms with Gasteiger partial charge in [-0.25, -0.2) is 9.18 Å². The molecule has 1 aromatic carbocycles.